The molecule has 1 aliphatic heterocycles. The van der Waals surface area contributed by atoms with Gasteiger partial charge < -0.3 is 5.32 Å². The lowest BCUT2D eigenvalue weighted by Crippen LogP contribution is -2.09. The summed E-state index contributed by atoms with van der Waals surface area (Å²) in [5, 5.41) is 6.51. The van der Waals surface area contributed by atoms with Gasteiger partial charge in [0.1, 0.15) is 11.5 Å². The van der Waals surface area contributed by atoms with Crippen LogP contribution in [0.4, 0.5) is 24.5 Å². The standard InChI is InChI=1S/C16H11ClF3N3O/c17-8-5-11(19)16(12(20)6-8)23-22-14-3-4-15(24)21-13-2-1-9(18)7-10(13)14/h1-2,5-7,23H,3-4H2,(H,21,24)/b22-14+. The van der Waals surface area contributed by atoms with Crippen LogP contribution in [0.2, 0.25) is 5.02 Å². The number of hydrogen-bond acceptors (Lipinski definition) is 3. The number of carbonyl (C=O) groups excluding carboxylic acids is 1. The van der Waals surface area contributed by atoms with E-state index in [4.69, 9.17) is 11.6 Å². The lowest BCUT2D eigenvalue weighted by atomic mass is 10.1. The number of halogens is 4. The van der Waals surface area contributed by atoms with Crippen LogP contribution >= 0.6 is 11.6 Å². The van der Waals surface area contributed by atoms with Crippen LogP contribution in [0.3, 0.4) is 0 Å². The van der Waals surface area contributed by atoms with Gasteiger partial charge in [0, 0.05) is 23.4 Å². The number of rotatable bonds is 2. The van der Waals surface area contributed by atoms with Crippen molar-refractivity contribution in [1.29, 1.82) is 0 Å². The largest absolute Gasteiger partial charge is 0.325 e. The van der Waals surface area contributed by atoms with E-state index in [1.54, 1.807) is 0 Å². The Kier molecular flexibility index (Phi) is 4.44. The molecule has 2 aromatic rings. The molecule has 124 valence electrons. The second-order valence-corrected chi connectivity index (χ2v) is 5.59. The summed E-state index contributed by atoms with van der Waals surface area (Å²) < 4.78 is 41.1. The summed E-state index contributed by atoms with van der Waals surface area (Å²) in [5.74, 6) is -2.59. The molecule has 1 amide bonds. The summed E-state index contributed by atoms with van der Waals surface area (Å²) >= 11 is 5.56. The molecule has 0 saturated carbocycles. The van der Waals surface area contributed by atoms with Crippen molar-refractivity contribution >= 4 is 34.6 Å². The minimum absolute atomic E-state index is 0.0834. The first-order valence-electron chi connectivity index (χ1n) is 7.01. The fourth-order valence-electron chi connectivity index (χ4n) is 2.33. The SMILES string of the molecule is O=C1CC/C(=N\Nc2c(F)cc(Cl)cc2F)c2cc(F)ccc2N1. The molecule has 1 heterocycles. The number of hydrazone groups is 1. The van der Waals surface area contributed by atoms with E-state index in [0.717, 1.165) is 12.1 Å². The van der Waals surface area contributed by atoms with Gasteiger partial charge in [-0.3, -0.25) is 10.2 Å². The van der Waals surface area contributed by atoms with Crippen LogP contribution in [0.25, 0.3) is 0 Å². The lowest BCUT2D eigenvalue weighted by molar-refractivity contribution is -0.116. The van der Waals surface area contributed by atoms with E-state index in [1.807, 2.05) is 0 Å². The van der Waals surface area contributed by atoms with Crippen molar-refractivity contribution in [2.75, 3.05) is 10.7 Å². The van der Waals surface area contributed by atoms with E-state index in [9.17, 15) is 18.0 Å². The first-order valence-corrected chi connectivity index (χ1v) is 7.39. The molecule has 0 fully saturated rings. The highest BCUT2D eigenvalue weighted by Crippen LogP contribution is 2.26. The Bertz CT molecular complexity index is 831. The summed E-state index contributed by atoms with van der Waals surface area (Å²) in [4.78, 5) is 11.7. The maximum atomic E-state index is 13.8. The molecule has 0 spiro atoms. The molecule has 1 aliphatic rings. The normalized spacial score (nSPS) is 15.7. The van der Waals surface area contributed by atoms with Crippen LogP contribution in [0, 0.1) is 17.5 Å². The maximum absolute atomic E-state index is 13.8. The summed E-state index contributed by atoms with van der Waals surface area (Å²) in [6.07, 6.45) is 0.300. The van der Waals surface area contributed by atoms with Crippen molar-refractivity contribution in [2.45, 2.75) is 12.8 Å². The maximum Gasteiger partial charge on any atom is 0.224 e. The Labute approximate surface area is 140 Å². The van der Waals surface area contributed by atoms with E-state index in [2.05, 4.69) is 15.8 Å². The van der Waals surface area contributed by atoms with Gasteiger partial charge in [-0.25, -0.2) is 13.2 Å². The zero-order chi connectivity index (χ0) is 17.3. The van der Waals surface area contributed by atoms with Crippen molar-refractivity contribution in [3.05, 3.63) is 58.4 Å². The van der Waals surface area contributed by atoms with Gasteiger partial charge >= 0.3 is 0 Å². The van der Waals surface area contributed by atoms with Gasteiger partial charge in [0.2, 0.25) is 5.91 Å². The average Bonchev–Trinajstić information content (AvgIpc) is 2.65. The molecule has 0 atom stereocenters. The molecule has 0 bridgehead atoms. The van der Waals surface area contributed by atoms with Crippen LogP contribution in [-0.4, -0.2) is 11.6 Å². The summed E-state index contributed by atoms with van der Waals surface area (Å²) in [6, 6.07) is 5.70. The number of benzene rings is 2. The molecule has 8 heteroatoms. The van der Waals surface area contributed by atoms with E-state index in [-0.39, 0.29) is 23.8 Å². The highest BCUT2D eigenvalue weighted by atomic mass is 35.5. The lowest BCUT2D eigenvalue weighted by Gasteiger charge is -2.10. The summed E-state index contributed by atoms with van der Waals surface area (Å²) in [5.41, 5.74) is 2.86. The molecule has 3 rings (SSSR count). The molecule has 24 heavy (non-hydrogen) atoms. The highest BCUT2D eigenvalue weighted by Gasteiger charge is 2.19. The van der Waals surface area contributed by atoms with Crippen LogP contribution < -0.4 is 10.7 Å². The predicted octanol–water partition coefficient (Wildman–Crippen LogP) is 4.31. The molecule has 0 saturated heterocycles. The Morgan fingerprint density at radius 1 is 1.08 bits per heavy atom. The van der Waals surface area contributed by atoms with Crippen LogP contribution in [0.1, 0.15) is 18.4 Å². The van der Waals surface area contributed by atoms with Gasteiger partial charge in [-0.1, -0.05) is 11.6 Å². The number of carbonyl (C=O) groups is 1. The molecule has 0 aliphatic carbocycles. The number of amides is 1. The van der Waals surface area contributed by atoms with Gasteiger partial charge in [0.05, 0.1) is 11.4 Å². The minimum Gasteiger partial charge on any atom is -0.325 e. The third-order valence-corrected chi connectivity index (χ3v) is 3.68. The average molecular weight is 354 g/mol. The number of nitrogens with zero attached hydrogens (tertiary/aromatic N) is 1. The van der Waals surface area contributed by atoms with Crippen molar-refractivity contribution in [1.82, 2.24) is 0 Å². The monoisotopic (exact) mass is 353 g/mol. The zero-order valence-electron chi connectivity index (χ0n) is 12.2. The molecule has 4 nitrogen and oxygen atoms in total. The quantitative estimate of drug-likeness (QED) is 0.791. The van der Waals surface area contributed by atoms with Crippen molar-refractivity contribution < 1.29 is 18.0 Å². The third-order valence-electron chi connectivity index (χ3n) is 3.47. The summed E-state index contributed by atoms with van der Waals surface area (Å²) in [7, 11) is 0. The molecular weight excluding hydrogens is 343 g/mol. The first kappa shape index (κ1) is 16.3. The second kappa shape index (κ2) is 6.52. The van der Waals surface area contributed by atoms with Crippen LogP contribution in [0.5, 0.6) is 0 Å². The van der Waals surface area contributed by atoms with E-state index in [1.165, 1.54) is 18.2 Å². The fourth-order valence-corrected chi connectivity index (χ4v) is 2.52. The molecule has 2 aromatic carbocycles. The number of anilines is 2. The molecule has 0 radical (unpaired) electrons. The van der Waals surface area contributed by atoms with Gasteiger partial charge in [-0.2, -0.15) is 5.10 Å². The Morgan fingerprint density at radius 2 is 1.79 bits per heavy atom. The smallest absolute Gasteiger partial charge is 0.224 e. The Hall–Kier alpha value is -2.54. The fraction of sp³-hybridized carbons (Fsp3) is 0.125. The molecular formula is C16H11ClF3N3O. The van der Waals surface area contributed by atoms with Gasteiger partial charge in [-0.05, 0) is 30.3 Å². The van der Waals surface area contributed by atoms with E-state index >= 15 is 0 Å². The van der Waals surface area contributed by atoms with Crippen molar-refractivity contribution in [3.8, 4) is 0 Å². The molecule has 0 aromatic heterocycles. The number of hydrogen-bond donors (Lipinski definition) is 2. The Morgan fingerprint density at radius 3 is 2.50 bits per heavy atom. The molecule has 0 unspecified atom stereocenters. The van der Waals surface area contributed by atoms with Crippen LogP contribution in [-0.2, 0) is 4.79 Å². The van der Waals surface area contributed by atoms with Gasteiger partial charge in [0.15, 0.2) is 11.6 Å². The van der Waals surface area contributed by atoms with E-state index in [0.29, 0.717) is 17.0 Å². The zero-order valence-corrected chi connectivity index (χ0v) is 12.9. The topological polar surface area (TPSA) is 53.5 Å². The van der Waals surface area contributed by atoms with Crippen molar-refractivity contribution in [3.63, 3.8) is 0 Å². The minimum atomic E-state index is -0.911. The van der Waals surface area contributed by atoms with Gasteiger partial charge in [0.25, 0.3) is 0 Å². The van der Waals surface area contributed by atoms with Crippen molar-refractivity contribution in [2.24, 2.45) is 5.10 Å². The third kappa shape index (κ3) is 3.35. The molecule has 2 N–H and O–H groups in total. The van der Waals surface area contributed by atoms with E-state index < -0.39 is 23.1 Å². The Balaban J connectivity index is 1.99. The second-order valence-electron chi connectivity index (χ2n) is 5.15. The van der Waals surface area contributed by atoms with Crippen LogP contribution in [0.15, 0.2) is 35.4 Å². The van der Waals surface area contributed by atoms with Gasteiger partial charge in [-0.15, -0.1) is 0 Å². The number of nitrogens with one attached hydrogen (secondary N) is 2. The predicted molar refractivity (Wildman–Crippen MR) is 85.8 cm³/mol. The summed E-state index contributed by atoms with van der Waals surface area (Å²) in [6.45, 7) is 0. The first-order chi connectivity index (χ1) is 11.4. The number of fused-ring (bicyclic) bond motifs is 1. The highest BCUT2D eigenvalue weighted by molar-refractivity contribution is 6.30.